The third-order valence-electron chi connectivity index (χ3n) is 3.41. The van der Waals surface area contributed by atoms with Crippen molar-refractivity contribution in [3.63, 3.8) is 0 Å². The molecule has 1 aromatic rings. The number of nitrogens with zero attached hydrogens (tertiary/aromatic N) is 2. The van der Waals surface area contributed by atoms with Crippen molar-refractivity contribution in [2.75, 3.05) is 6.54 Å². The van der Waals surface area contributed by atoms with E-state index in [2.05, 4.69) is 31.4 Å². The Balaban J connectivity index is 2.38. The highest BCUT2D eigenvalue weighted by Crippen LogP contribution is 2.33. The maximum atomic E-state index is 12.2. The minimum Gasteiger partial charge on any atom is -0.349 e. The van der Waals surface area contributed by atoms with E-state index in [1.165, 1.54) is 23.1 Å². The van der Waals surface area contributed by atoms with Crippen molar-refractivity contribution in [1.82, 2.24) is 9.47 Å². The number of likely N-dealkylation sites (N-methyl/N-ethyl adjacent to an activating group) is 1. The zero-order chi connectivity index (χ0) is 14.2. The minimum absolute atomic E-state index is 0.0267. The van der Waals surface area contributed by atoms with Crippen LogP contribution in [0.5, 0.6) is 0 Å². The summed E-state index contributed by atoms with van der Waals surface area (Å²) in [5.41, 5.74) is 3.52. The molecule has 0 unspecified atom stereocenters. The topological polar surface area (TPSA) is 25.2 Å². The molecule has 1 aromatic heterocycles. The summed E-state index contributed by atoms with van der Waals surface area (Å²) >= 11 is 6.61. The number of carbonyl (C=O) groups excluding carboxylic acids is 1. The quantitative estimate of drug-likeness (QED) is 0.631. The van der Waals surface area contributed by atoms with Gasteiger partial charge in [-0.15, -0.1) is 0 Å². The second-order valence-electron chi connectivity index (χ2n) is 4.50. The second-order valence-corrected chi connectivity index (χ2v) is 6.17. The molecule has 1 aliphatic rings. The Labute approximate surface area is 123 Å². The maximum absolute atomic E-state index is 12.2. The van der Waals surface area contributed by atoms with E-state index in [4.69, 9.17) is 12.2 Å². The van der Waals surface area contributed by atoms with Gasteiger partial charge in [0.15, 0.2) is 0 Å². The molecule has 1 fully saturated rings. The highest BCUT2D eigenvalue weighted by molar-refractivity contribution is 8.26. The van der Waals surface area contributed by atoms with Gasteiger partial charge in [0.05, 0.1) is 4.91 Å². The molecule has 0 aliphatic carbocycles. The fourth-order valence-electron chi connectivity index (χ4n) is 2.37. The summed E-state index contributed by atoms with van der Waals surface area (Å²) in [7, 11) is 0. The molecule has 102 valence electrons. The van der Waals surface area contributed by atoms with Crippen LogP contribution in [0, 0.1) is 13.8 Å². The number of thiocarbonyl (C=S) groups is 1. The van der Waals surface area contributed by atoms with Gasteiger partial charge >= 0.3 is 0 Å². The SMILES string of the molecule is CCN1C(=O)/C(=C/c2cc(C)n(CC)c2C)SC1=S. The summed E-state index contributed by atoms with van der Waals surface area (Å²) < 4.78 is 2.90. The lowest BCUT2D eigenvalue weighted by atomic mass is 10.2. The first-order chi connectivity index (χ1) is 8.99. The maximum Gasteiger partial charge on any atom is 0.266 e. The summed E-state index contributed by atoms with van der Waals surface area (Å²) in [6.07, 6.45) is 1.96. The first-order valence-electron chi connectivity index (χ1n) is 6.41. The molecule has 2 heterocycles. The van der Waals surface area contributed by atoms with Crippen LogP contribution < -0.4 is 0 Å². The van der Waals surface area contributed by atoms with Gasteiger partial charge in [-0.05, 0) is 45.4 Å². The Kier molecular flexibility index (Phi) is 4.16. The molecule has 0 saturated carbocycles. The zero-order valence-corrected chi connectivity index (χ0v) is 13.3. The van der Waals surface area contributed by atoms with Gasteiger partial charge in [0.25, 0.3) is 5.91 Å². The highest BCUT2D eigenvalue weighted by Gasteiger charge is 2.30. The molecule has 0 spiro atoms. The Morgan fingerprint density at radius 1 is 1.32 bits per heavy atom. The summed E-state index contributed by atoms with van der Waals surface area (Å²) in [5.74, 6) is 0.0267. The van der Waals surface area contributed by atoms with Crippen LogP contribution in [0.1, 0.15) is 30.8 Å². The van der Waals surface area contributed by atoms with E-state index in [1.807, 2.05) is 13.0 Å². The first kappa shape index (κ1) is 14.3. The average Bonchev–Trinajstić information content (AvgIpc) is 2.78. The zero-order valence-electron chi connectivity index (χ0n) is 11.7. The van der Waals surface area contributed by atoms with E-state index in [9.17, 15) is 4.79 Å². The van der Waals surface area contributed by atoms with Crippen LogP contribution in [0.2, 0.25) is 0 Å². The van der Waals surface area contributed by atoms with Crippen LogP contribution in [0.15, 0.2) is 11.0 Å². The van der Waals surface area contributed by atoms with Gasteiger partial charge in [0.1, 0.15) is 4.32 Å². The summed E-state index contributed by atoms with van der Waals surface area (Å²) in [6, 6.07) is 2.12. The number of aromatic nitrogens is 1. The van der Waals surface area contributed by atoms with Crippen molar-refractivity contribution < 1.29 is 4.79 Å². The van der Waals surface area contributed by atoms with Gasteiger partial charge in [-0.3, -0.25) is 9.69 Å². The van der Waals surface area contributed by atoms with Gasteiger partial charge in [-0.1, -0.05) is 24.0 Å². The van der Waals surface area contributed by atoms with E-state index < -0.39 is 0 Å². The smallest absolute Gasteiger partial charge is 0.266 e. The molecule has 1 amide bonds. The predicted octanol–water partition coefficient (Wildman–Crippen LogP) is 3.35. The number of hydrogen-bond acceptors (Lipinski definition) is 3. The molecular formula is C14H18N2OS2. The molecular weight excluding hydrogens is 276 g/mol. The number of amides is 1. The molecule has 5 heteroatoms. The second kappa shape index (κ2) is 5.51. The predicted molar refractivity (Wildman–Crippen MR) is 85.1 cm³/mol. The Morgan fingerprint density at radius 3 is 2.47 bits per heavy atom. The molecule has 0 atom stereocenters. The number of rotatable bonds is 3. The first-order valence-corrected chi connectivity index (χ1v) is 7.64. The largest absolute Gasteiger partial charge is 0.349 e. The van der Waals surface area contributed by atoms with Crippen molar-refractivity contribution in [2.24, 2.45) is 0 Å². The molecule has 1 saturated heterocycles. The minimum atomic E-state index is 0.0267. The van der Waals surface area contributed by atoms with E-state index >= 15 is 0 Å². The standard InChI is InChI=1S/C14H18N2OS2/c1-5-15-9(3)7-11(10(15)4)8-12-13(17)16(6-2)14(18)19-12/h7-8H,5-6H2,1-4H3/b12-8-. The summed E-state index contributed by atoms with van der Waals surface area (Å²) in [4.78, 5) is 14.5. The van der Waals surface area contributed by atoms with Gasteiger partial charge in [0.2, 0.25) is 0 Å². The van der Waals surface area contributed by atoms with Crippen LogP contribution in [0.4, 0.5) is 0 Å². The molecule has 0 aromatic carbocycles. The van der Waals surface area contributed by atoms with Crippen LogP contribution in [0.3, 0.4) is 0 Å². The number of hydrogen-bond donors (Lipinski definition) is 0. The van der Waals surface area contributed by atoms with Crippen molar-refractivity contribution in [3.05, 3.63) is 27.9 Å². The fraction of sp³-hybridized carbons (Fsp3) is 0.429. The Hall–Kier alpha value is -1.07. The van der Waals surface area contributed by atoms with Crippen LogP contribution in [-0.2, 0) is 11.3 Å². The third kappa shape index (κ3) is 2.49. The Morgan fingerprint density at radius 2 is 2.00 bits per heavy atom. The molecule has 1 aliphatic heterocycles. The van der Waals surface area contributed by atoms with Crippen LogP contribution >= 0.6 is 24.0 Å². The third-order valence-corrected chi connectivity index (χ3v) is 4.78. The lowest BCUT2D eigenvalue weighted by Crippen LogP contribution is -2.27. The molecule has 0 radical (unpaired) electrons. The molecule has 3 nitrogen and oxygen atoms in total. The van der Waals surface area contributed by atoms with Crippen LogP contribution in [0.25, 0.3) is 6.08 Å². The summed E-state index contributed by atoms with van der Waals surface area (Å²) in [6.45, 7) is 9.82. The number of aryl methyl sites for hydroxylation is 1. The fourth-order valence-corrected chi connectivity index (χ4v) is 3.75. The van der Waals surface area contributed by atoms with Crippen molar-refractivity contribution in [2.45, 2.75) is 34.2 Å². The molecule has 0 bridgehead atoms. The lowest BCUT2D eigenvalue weighted by molar-refractivity contribution is -0.121. The van der Waals surface area contributed by atoms with E-state index in [-0.39, 0.29) is 5.91 Å². The van der Waals surface area contributed by atoms with E-state index in [0.29, 0.717) is 10.9 Å². The van der Waals surface area contributed by atoms with Gasteiger partial charge in [-0.2, -0.15) is 0 Å². The van der Waals surface area contributed by atoms with Gasteiger partial charge in [-0.25, -0.2) is 0 Å². The van der Waals surface area contributed by atoms with Crippen molar-refractivity contribution >= 4 is 40.3 Å². The van der Waals surface area contributed by atoms with Crippen LogP contribution in [-0.4, -0.2) is 26.2 Å². The highest BCUT2D eigenvalue weighted by atomic mass is 32.2. The van der Waals surface area contributed by atoms with Crippen molar-refractivity contribution in [1.29, 1.82) is 0 Å². The van der Waals surface area contributed by atoms with E-state index in [0.717, 1.165) is 17.0 Å². The van der Waals surface area contributed by atoms with Crippen molar-refractivity contribution in [3.8, 4) is 0 Å². The summed E-state index contributed by atoms with van der Waals surface area (Å²) in [5, 5.41) is 0. The molecule has 19 heavy (non-hydrogen) atoms. The average molecular weight is 294 g/mol. The monoisotopic (exact) mass is 294 g/mol. The lowest BCUT2D eigenvalue weighted by Gasteiger charge is -2.09. The normalized spacial score (nSPS) is 17.9. The number of carbonyl (C=O) groups is 1. The van der Waals surface area contributed by atoms with E-state index in [1.54, 1.807) is 4.90 Å². The number of thioether (sulfide) groups is 1. The van der Waals surface area contributed by atoms with Gasteiger partial charge in [0, 0.05) is 24.5 Å². The molecule has 0 N–H and O–H groups in total. The molecule has 2 rings (SSSR count). The van der Waals surface area contributed by atoms with Gasteiger partial charge < -0.3 is 4.57 Å². The Bertz CT molecular complexity index is 572.